The van der Waals surface area contributed by atoms with Gasteiger partial charge in [0.25, 0.3) is 10.1 Å². The first-order valence-corrected chi connectivity index (χ1v) is 6.23. The molecule has 0 heterocycles. The molecule has 0 saturated heterocycles. The first-order chi connectivity index (χ1) is 6.56. The molecule has 14 heavy (non-hydrogen) atoms. The van der Waals surface area contributed by atoms with Gasteiger partial charge in [0.1, 0.15) is 12.9 Å². The number of hydrogen-bond acceptors (Lipinski definition) is 5. The Kier molecular flexibility index (Phi) is 7.64. The van der Waals surface area contributed by atoms with Gasteiger partial charge in [0.15, 0.2) is 0 Å². The van der Waals surface area contributed by atoms with Gasteiger partial charge in [-0.15, -0.1) is 0 Å². The molecule has 0 saturated carbocycles. The Bertz CT molecular complexity index is 234. The number of aldehydes is 1. The molecule has 6 heteroatoms. The average Bonchev–Trinajstić information content (AvgIpc) is 2.08. The van der Waals surface area contributed by atoms with Crippen LogP contribution in [0.3, 0.4) is 0 Å². The number of rotatable bonds is 9. The van der Waals surface area contributed by atoms with Crippen LogP contribution in [0.4, 0.5) is 0 Å². The maximum absolute atomic E-state index is 10.5. The Morgan fingerprint density at radius 3 is 2.36 bits per heavy atom. The SMILES string of the molecule is CS(=O)(=O)OCCCCCOCC=O. The molecule has 0 fully saturated rings. The summed E-state index contributed by atoms with van der Waals surface area (Å²) >= 11 is 0. The molecule has 0 aromatic carbocycles. The molecule has 0 atom stereocenters. The van der Waals surface area contributed by atoms with Gasteiger partial charge < -0.3 is 9.53 Å². The van der Waals surface area contributed by atoms with Crippen LogP contribution in [-0.2, 0) is 23.8 Å². The van der Waals surface area contributed by atoms with E-state index in [1.54, 1.807) is 0 Å². The molecule has 0 aromatic rings. The normalized spacial score (nSPS) is 11.5. The third-order valence-corrected chi connectivity index (χ3v) is 2.01. The molecule has 0 amide bonds. The van der Waals surface area contributed by atoms with Crippen molar-refractivity contribution in [2.24, 2.45) is 0 Å². The number of hydrogen-bond donors (Lipinski definition) is 0. The molecule has 0 aromatic heterocycles. The fourth-order valence-electron chi connectivity index (χ4n) is 0.825. The Balaban J connectivity index is 3.10. The minimum absolute atomic E-state index is 0.125. The second-order valence-electron chi connectivity index (χ2n) is 2.83. The van der Waals surface area contributed by atoms with Crippen molar-refractivity contribution in [2.75, 3.05) is 26.1 Å². The van der Waals surface area contributed by atoms with Gasteiger partial charge >= 0.3 is 0 Å². The standard InChI is InChI=1S/C8H16O5S/c1-14(10,11)13-7-4-2-3-6-12-8-5-9/h5H,2-4,6-8H2,1H3. The van der Waals surface area contributed by atoms with Crippen molar-refractivity contribution in [3.8, 4) is 0 Å². The summed E-state index contributed by atoms with van der Waals surface area (Å²) in [7, 11) is -3.30. The Hall–Kier alpha value is -0.460. The minimum atomic E-state index is -3.30. The second kappa shape index (κ2) is 7.90. The Labute approximate surface area is 84.5 Å². The van der Waals surface area contributed by atoms with Crippen molar-refractivity contribution >= 4 is 16.4 Å². The molecule has 0 radical (unpaired) electrons. The minimum Gasteiger partial charge on any atom is -0.374 e. The van der Waals surface area contributed by atoms with Crippen molar-refractivity contribution in [1.29, 1.82) is 0 Å². The van der Waals surface area contributed by atoms with Gasteiger partial charge in [-0.2, -0.15) is 8.42 Å². The number of ether oxygens (including phenoxy) is 1. The highest BCUT2D eigenvalue weighted by atomic mass is 32.2. The molecular weight excluding hydrogens is 208 g/mol. The maximum atomic E-state index is 10.5. The summed E-state index contributed by atoms with van der Waals surface area (Å²) in [4.78, 5) is 9.84. The van der Waals surface area contributed by atoms with Gasteiger partial charge in [-0.3, -0.25) is 4.18 Å². The Morgan fingerprint density at radius 2 is 1.79 bits per heavy atom. The van der Waals surface area contributed by atoms with Gasteiger partial charge in [-0.05, 0) is 19.3 Å². The first-order valence-electron chi connectivity index (χ1n) is 4.42. The number of carbonyl (C=O) groups excluding carboxylic acids is 1. The quantitative estimate of drug-likeness (QED) is 0.321. The Morgan fingerprint density at radius 1 is 1.14 bits per heavy atom. The van der Waals surface area contributed by atoms with Crippen molar-refractivity contribution in [3.63, 3.8) is 0 Å². The van der Waals surface area contributed by atoms with Crippen LogP contribution in [-0.4, -0.2) is 40.8 Å². The van der Waals surface area contributed by atoms with Gasteiger partial charge in [0, 0.05) is 6.61 Å². The van der Waals surface area contributed by atoms with E-state index in [-0.39, 0.29) is 13.2 Å². The van der Waals surface area contributed by atoms with Crippen LogP contribution in [0.1, 0.15) is 19.3 Å². The number of unbranched alkanes of at least 4 members (excludes halogenated alkanes) is 2. The van der Waals surface area contributed by atoms with Crippen LogP contribution >= 0.6 is 0 Å². The lowest BCUT2D eigenvalue weighted by Gasteiger charge is -2.01. The molecule has 0 N–H and O–H groups in total. The monoisotopic (exact) mass is 224 g/mol. The molecule has 5 nitrogen and oxygen atoms in total. The first kappa shape index (κ1) is 13.5. The van der Waals surface area contributed by atoms with Crippen LogP contribution in [0.25, 0.3) is 0 Å². The van der Waals surface area contributed by atoms with Gasteiger partial charge in [-0.1, -0.05) is 0 Å². The van der Waals surface area contributed by atoms with E-state index in [4.69, 9.17) is 4.74 Å². The predicted molar refractivity (Wildman–Crippen MR) is 51.5 cm³/mol. The van der Waals surface area contributed by atoms with Crippen molar-refractivity contribution in [3.05, 3.63) is 0 Å². The zero-order valence-electron chi connectivity index (χ0n) is 8.27. The molecule has 0 spiro atoms. The van der Waals surface area contributed by atoms with E-state index in [2.05, 4.69) is 4.18 Å². The fourth-order valence-corrected chi connectivity index (χ4v) is 1.25. The highest BCUT2D eigenvalue weighted by molar-refractivity contribution is 7.85. The van der Waals surface area contributed by atoms with E-state index in [1.165, 1.54) is 0 Å². The maximum Gasteiger partial charge on any atom is 0.264 e. The molecule has 0 unspecified atom stereocenters. The molecular formula is C8H16O5S. The molecule has 0 aliphatic rings. The van der Waals surface area contributed by atoms with Crippen LogP contribution in [0.15, 0.2) is 0 Å². The van der Waals surface area contributed by atoms with Gasteiger partial charge in [-0.25, -0.2) is 0 Å². The molecule has 0 rings (SSSR count). The van der Waals surface area contributed by atoms with Crippen LogP contribution in [0.2, 0.25) is 0 Å². The van der Waals surface area contributed by atoms with E-state index < -0.39 is 10.1 Å². The topological polar surface area (TPSA) is 69.7 Å². The van der Waals surface area contributed by atoms with E-state index in [1.807, 2.05) is 0 Å². The van der Waals surface area contributed by atoms with E-state index >= 15 is 0 Å². The van der Waals surface area contributed by atoms with Crippen molar-refractivity contribution < 1.29 is 22.1 Å². The largest absolute Gasteiger partial charge is 0.374 e. The lowest BCUT2D eigenvalue weighted by Crippen LogP contribution is -2.04. The summed E-state index contributed by atoms with van der Waals surface area (Å²) in [6.07, 6.45) is 4.04. The lowest BCUT2D eigenvalue weighted by atomic mass is 10.2. The third-order valence-electron chi connectivity index (χ3n) is 1.42. The zero-order chi connectivity index (χ0) is 10.9. The summed E-state index contributed by atoms with van der Waals surface area (Å²) < 4.78 is 30.5. The van der Waals surface area contributed by atoms with Crippen molar-refractivity contribution in [1.82, 2.24) is 0 Å². The lowest BCUT2D eigenvalue weighted by molar-refractivity contribution is -0.111. The third kappa shape index (κ3) is 11.5. The van der Waals surface area contributed by atoms with E-state index in [0.29, 0.717) is 19.3 Å². The fraction of sp³-hybridized carbons (Fsp3) is 0.875. The molecule has 0 aliphatic heterocycles. The average molecular weight is 224 g/mol. The summed E-state index contributed by atoms with van der Waals surface area (Å²) in [6.45, 7) is 0.865. The molecule has 0 aliphatic carbocycles. The highest BCUT2D eigenvalue weighted by Gasteiger charge is 1.99. The predicted octanol–water partition coefficient (Wildman–Crippen LogP) is 0.348. The molecule has 84 valence electrons. The summed E-state index contributed by atoms with van der Waals surface area (Å²) in [6, 6.07) is 0. The summed E-state index contributed by atoms with van der Waals surface area (Å²) in [5, 5.41) is 0. The smallest absolute Gasteiger partial charge is 0.264 e. The van der Waals surface area contributed by atoms with E-state index in [0.717, 1.165) is 19.1 Å². The van der Waals surface area contributed by atoms with Crippen LogP contribution in [0, 0.1) is 0 Å². The van der Waals surface area contributed by atoms with Crippen LogP contribution < -0.4 is 0 Å². The summed E-state index contributed by atoms with van der Waals surface area (Å²) in [5.74, 6) is 0. The molecule has 0 bridgehead atoms. The zero-order valence-corrected chi connectivity index (χ0v) is 9.09. The van der Waals surface area contributed by atoms with Gasteiger partial charge in [0.2, 0.25) is 0 Å². The van der Waals surface area contributed by atoms with Crippen molar-refractivity contribution in [2.45, 2.75) is 19.3 Å². The van der Waals surface area contributed by atoms with E-state index in [9.17, 15) is 13.2 Å². The number of carbonyl (C=O) groups is 1. The van der Waals surface area contributed by atoms with Gasteiger partial charge in [0.05, 0.1) is 12.9 Å². The highest BCUT2D eigenvalue weighted by Crippen LogP contribution is 1.98. The second-order valence-corrected chi connectivity index (χ2v) is 4.47. The summed E-state index contributed by atoms with van der Waals surface area (Å²) in [5.41, 5.74) is 0. The van der Waals surface area contributed by atoms with Crippen LogP contribution in [0.5, 0.6) is 0 Å².